The van der Waals surface area contributed by atoms with Gasteiger partial charge >= 0.3 is 5.69 Å². The number of nitro groups is 1. The first-order valence-electron chi connectivity index (χ1n) is 3.79. The van der Waals surface area contributed by atoms with Gasteiger partial charge in [0.1, 0.15) is 16.3 Å². The molecule has 13 heavy (non-hydrogen) atoms. The second kappa shape index (κ2) is 3.45. The molecular weight excluding hydrogens is 238 g/mol. The van der Waals surface area contributed by atoms with E-state index in [0.29, 0.717) is 11.4 Å². The molecule has 5 nitrogen and oxygen atoms in total. The Kier molecular flexibility index (Phi) is 2.70. The Labute approximate surface area is 84.0 Å². The highest BCUT2D eigenvalue weighted by Crippen LogP contribution is 2.26. The molecule has 0 amide bonds. The summed E-state index contributed by atoms with van der Waals surface area (Å²) in [6.45, 7) is 5.19. The summed E-state index contributed by atoms with van der Waals surface area (Å²) < 4.78 is 1.59. The summed E-state index contributed by atoms with van der Waals surface area (Å²) in [5.41, 5.74) is 1.13. The third-order valence-electron chi connectivity index (χ3n) is 1.81. The first kappa shape index (κ1) is 10.2. The zero-order valence-corrected chi connectivity index (χ0v) is 9.20. The summed E-state index contributed by atoms with van der Waals surface area (Å²) in [6.07, 6.45) is 0. The van der Waals surface area contributed by atoms with Crippen LogP contribution in [0.3, 0.4) is 0 Å². The minimum Gasteiger partial charge on any atom is -0.258 e. The predicted octanol–water partition coefficient (Wildman–Crippen LogP) is 2.32. The van der Waals surface area contributed by atoms with Crippen LogP contribution in [0.2, 0.25) is 0 Å². The fourth-order valence-electron chi connectivity index (χ4n) is 1.26. The summed E-state index contributed by atoms with van der Waals surface area (Å²) in [5, 5.41) is 14.7. The van der Waals surface area contributed by atoms with Gasteiger partial charge in [-0.3, -0.25) is 10.1 Å². The smallest absolute Gasteiger partial charge is 0.258 e. The van der Waals surface area contributed by atoms with E-state index in [9.17, 15) is 10.1 Å². The molecule has 72 valence electrons. The Morgan fingerprint density at radius 3 is 2.38 bits per heavy atom. The molecule has 6 heteroatoms. The highest BCUT2D eigenvalue weighted by molar-refractivity contribution is 9.09. The number of alkyl halides is 1. The van der Waals surface area contributed by atoms with E-state index in [4.69, 9.17) is 0 Å². The van der Waals surface area contributed by atoms with Crippen molar-refractivity contribution in [3.63, 3.8) is 0 Å². The molecule has 0 radical (unpaired) electrons. The van der Waals surface area contributed by atoms with Gasteiger partial charge in [0.15, 0.2) is 0 Å². The Morgan fingerprint density at radius 2 is 2.15 bits per heavy atom. The highest BCUT2D eigenvalue weighted by atomic mass is 79.9. The van der Waals surface area contributed by atoms with Crippen molar-refractivity contribution >= 4 is 21.6 Å². The first-order chi connectivity index (χ1) is 5.95. The molecule has 0 fully saturated rings. The second-order valence-corrected chi connectivity index (χ2v) is 4.12. The number of halogens is 1. The number of hydrogen-bond acceptors (Lipinski definition) is 3. The second-order valence-electron chi connectivity index (χ2n) is 2.80. The van der Waals surface area contributed by atoms with Gasteiger partial charge in [-0.05, 0) is 20.8 Å². The topological polar surface area (TPSA) is 61.0 Å². The Bertz CT molecular complexity index is 346. The summed E-state index contributed by atoms with van der Waals surface area (Å²) >= 11 is 3.31. The van der Waals surface area contributed by atoms with Gasteiger partial charge in [0.2, 0.25) is 0 Å². The van der Waals surface area contributed by atoms with Crippen molar-refractivity contribution in [1.29, 1.82) is 0 Å². The first-order valence-corrected chi connectivity index (χ1v) is 4.71. The van der Waals surface area contributed by atoms with E-state index in [-0.39, 0.29) is 10.6 Å². The third-order valence-corrected chi connectivity index (χ3v) is 2.19. The van der Waals surface area contributed by atoms with Gasteiger partial charge in [0.25, 0.3) is 0 Å². The van der Waals surface area contributed by atoms with E-state index in [1.807, 2.05) is 6.92 Å². The van der Waals surface area contributed by atoms with E-state index in [2.05, 4.69) is 21.0 Å². The molecule has 1 atom stereocenters. The fraction of sp³-hybridized carbons (Fsp3) is 0.571. The maximum Gasteiger partial charge on any atom is 0.312 e. The Balaban J connectivity index is 3.30. The number of hydrogen-bond donors (Lipinski definition) is 0. The zero-order valence-electron chi connectivity index (χ0n) is 7.61. The lowest BCUT2D eigenvalue weighted by molar-refractivity contribution is -0.386. The lowest BCUT2D eigenvalue weighted by Crippen LogP contribution is -2.02. The molecule has 1 rings (SSSR count). The van der Waals surface area contributed by atoms with Gasteiger partial charge in [0, 0.05) is 0 Å². The number of aromatic nitrogens is 2. The third kappa shape index (κ3) is 1.72. The monoisotopic (exact) mass is 247 g/mol. The van der Waals surface area contributed by atoms with Crippen LogP contribution in [0.25, 0.3) is 0 Å². The van der Waals surface area contributed by atoms with Crippen LogP contribution in [0.4, 0.5) is 5.69 Å². The molecule has 0 aliphatic rings. The minimum atomic E-state index is -0.399. The maximum atomic E-state index is 10.6. The van der Waals surface area contributed by atoms with Crippen LogP contribution in [0, 0.1) is 24.0 Å². The van der Waals surface area contributed by atoms with Crippen LogP contribution in [-0.4, -0.2) is 14.7 Å². The van der Waals surface area contributed by atoms with Crippen molar-refractivity contribution in [2.75, 3.05) is 0 Å². The molecule has 0 N–H and O–H groups in total. The van der Waals surface area contributed by atoms with Crippen molar-refractivity contribution in [3.05, 3.63) is 21.5 Å². The Morgan fingerprint density at radius 1 is 1.62 bits per heavy atom. The lowest BCUT2D eigenvalue weighted by Gasteiger charge is -2.04. The van der Waals surface area contributed by atoms with Crippen LogP contribution >= 0.6 is 15.9 Å². The largest absolute Gasteiger partial charge is 0.312 e. The van der Waals surface area contributed by atoms with Crippen molar-refractivity contribution in [1.82, 2.24) is 9.78 Å². The van der Waals surface area contributed by atoms with Gasteiger partial charge < -0.3 is 0 Å². The standard InChI is InChI=1S/C7H10BrN3O2/c1-4-7(11(12)13)5(2)10(9-4)6(3)8/h6H,1-3H3. The molecule has 1 unspecified atom stereocenters. The van der Waals surface area contributed by atoms with E-state index in [1.165, 1.54) is 0 Å². The van der Waals surface area contributed by atoms with Gasteiger partial charge in [0.05, 0.1) is 4.92 Å². The maximum absolute atomic E-state index is 10.6. The van der Waals surface area contributed by atoms with Crippen molar-refractivity contribution in [3.8, 4) is 0 Å². The molecule has 1 aromatic heterocycles. The minimum absolute atomic E-state index is 0.0279. The Hall–Kier alpha value is -0.910. The average molecular weight is 248 g/mol. The molecule has 0 aromatic carbocycles. The van der Waals surface area contributed by atoms with E-state index in [1.54, 1.807) is 18.5 Å². The molecule has 1 heterocycles. The van der Waals surface area contributed by atoms with Gasteiger partial charge in [-0.1, -0.05) is 15.9 Å². The number of aryl methyl sites for hydroxylation is 1. The summed E-state index contributed by atoms with van der Waals surface area (Å²) in [6, 6.07) is 0. The van der Waals surface area contributed by atoms with E-state index < -0.39 is 4.92 Å². The molecule has 0 saturated carbocycles. The number of rotatable bonds is 2. The fourth-order valence-corrected chi connectivity index (χ4v) is 1.66. The van der Waals surface area contributed by atoms with Gasteiger partial charge in [-0.15, -0.1) is 0 Å². The zero-order chi connectivity index (χ0) is 10.2. The predicted molar refractivity (Wildman–Crippen MR) is 52.0 cm³/mol. The van der Waals surface area contributed by atoms with Crippen LogP contribution in [0.1, 0.15) is 23.3 Å². The molecule has 0 aliphatic heterocycles. The van der Waals surface area contributed by atoms with Crippen LogP contribution in [0.15, 0.2) is 0 Å². The van der Waals surface area contributed by atoms with Crippen molar-refractivity contribution in [2.24, 2.45) is 0 Å². The molecule has 0 spiro atoms. The van der Waals surface area contributed by atoms with Crippen molar-refractivity contribution < 1.29 is 4.92 Å². The van der Waals surface area contributed by atoms with Crippen LogP contribution in [-0.2, 0) is 0 Å². The number of nitrogens with zero attached hydrogens (tertiary/aromatic N) is 3. The van der Waals surface area contributed by atoms with E-state index in [0.717, 1.165) is 0 Å². The highest BCUT2D eigenvalue weighted by Gasteiger charge is 2.22. The molecule has 1 aromatic rings. The molecule has 0 bridgehead atoms. The van der Waals surface area contributed by atoms with Crippen molar-refractivity contribution in [2.45, 2.75) is 25.7 Å². The van der Waals surface area contributed by atoms with Gasteiger partial charge in [-0.25, -0.2) is 4.68 Å². The lowest BCUT2D eigenvalue weighted by atomic mass is 10.3. The molecular formula is C7H10BrN3O2. The van der Waals surface area contributed by atoms with Gasteiger partial charge in [-0.2, -0.15) is 5.10 Å². The van der Waals surface area contributed by atoms with Crippen LogP contribution in [0.5, 0.6) is 0 Å². The molecule has 0 aliphatic carbocycles. The summed E-state index contributed by atoms with van der Waals surface area (Å²) in [5.74, 6) is 0. The SMILES string of the molecule is Cc1nn(C(C)Br)c(C)c1[N+](=O)[O-]. The van der Waals surface area contributed by atoms with E-state index >= 15 is 0 Å². The normalized spacial score (nSPS) is 12.9. The summed E-state index contributed by atoms with van der Waals surface area (Å²) in [4.78, 5) is 10.2. The average Bonchev–Trinajstić information content (AvgIpc) is 2.26. The molecule has 0 saturated heterocycles. The quantitative estimate of drug-likeness (QED) is 0.458. The summed E-state index contributed by atoms with van der Waals surface area (Å²) in [7, 11) is 0. The van der Waals surface area contributed by atoms with Crippen LogP contribution < -0.4 is 0 Å².